The van der Waals surface area contributed by atoms with Crippen molar-refractivity contribution in [1.29, 1.82) is 0 Å². The topological polar surface area (TPSA) is 57.6 Å². The van der Waals surface area contributed by atoms with Gasteiger partial charge in [0.15, 0.2) is 0 Å². The number of para-hydroxylation sites is 1. The van der Waals surface area contributed by atoms with Crippen LogP contribution in [-0.4, -0.2) is 21.2 Å². The Balaban J connectivity index is 1.82. The summed E-state index contributed by atoms with van der Waals surface area (Å²) in [4.78, 5) is 26.0. The lowest BCUT2D eigenvalue weighted by Gasteiger charge is -2.12. The van der Waals surface area contributed by atoms with Gasteiger partial charge in [-0.2, -0.15) is 0 Å². The maximum atomic E-state index is 12.4. The van der Waals surface area contributed by atoms with Gasteiger partial charge >= 0.3 is 0 Å². The number of hydrogen-bond donors (Lipinski definition) is 1. The van der Waals surface area contributed by atoms with E-state index in [4.69, 9.17) is 11.6 Å². The molecule has 0 unspecified atom stereocenters. The second kappa shape index (κ2) is 6.48. The van der Waals surface area contributed by atoms with Crippen LogP contribution in [0, 0.1) is 0 Å². The Kier molecular flexibility index (Phi) is 4.41. The SMILES string of the molecule is O=C1SC(=Cc2ccccc2O)C(=O)N1Cc1ccc(Cl)cc1. The molecule has 2 aromatic carbocycles. The molecule has 0 aromatic heterocycles. The van der Waals surface area contributed by atoms with Crippen molar-refractivity contribution in [2.75, 3.05) is 0 Å². The summed E-state index contributed by atoms with van der Waals surface area (Å²) in [6, 6.07) is 13.6. The van der Waals surface area contributed by atoms with E-state index in [1.54, 1.807) is 42.5 Å². The number of halogens is 1. The highest BCUT2D eigenvalue weighted by molar-refractivity contribution is 8.18. The standard InChI is InChI=1S/C17H12ClNO3S/c18-13-7-5-11(6-8-13)10-19-16(21)15(23-17(19)22)9-12-3-1-2-4-14(12)20/h1-9,20H,10H2. The number of benzene rings is 2. The van der Waals surface area contributed by atoms with Gasteiger partial charge in [-0.25, -0.2) is 0 Å². The Hall–Kier alpha value is -2.24. The number of rotatable bonds is 3. The van der Waals surface area contributed by atoms with Crippen LogP contribution in [0.3, 0.4) is 0 Å². The molecule has 2 amide bonds. The Morgan fingerprint density at radius 3 is 2.48 bits per heavy atom. The molecule has 0 spiro atoms. The number of carbonyl (C=O) groups is 2. The normalized spacial score (nSPS) is 16.4. The Labute approximate surface area is 142 Å². The fraction of sp³-hybridized carbons (Fsp3) is 0.0588. The van der Waals surface area contributed by atoms with E-state index in [1.165, 1.54) is 17.0 Å². The number of nitrogens with zero attached hydrogens (tertiary/aromatic N) is 1. The minimum atomic E-state index is -0.363. The second-order valence-electron chi connectivity index (χ2n) is 4.95. The Bertz CT molecular complexity index is 802. The lowest BCUT2D eigenvalue weighted by atomic mass is 10.2. The molecule has 0 aliphatic carbocycles. The first kappa shape index (κ1) is 15.6. The first-order valence-electron chi connectivity index (χ1n) is 6.82. The van der Waals surface area contributed by atoms with Crippen molar-refractivity contribution in [3.63, 3.8) is 0 Å². The van der Waals surface area contributed by atoms with E-state index in [0.29, 0.717) is 15.5 Å². The van der Waals surface area contributed by atoms with Crippen molar-refractivity contribution < 1.29 is 14.7 Å². The monoisotopic (exact) mass is 345 g/mol. The third-order valence-electron chi connectivity index (χ3n) is 3.35. The third kappa shape index (κ3) is 3.41. The molecule has 0 bridgehead atoms. The van der Waals surface area contributed by atoms with Gasteiger partial charge in [0.1, 0.15) is 5.75 Å². The van der Waals surface area contributed by atoms with E-state index < -0.39 is 0 Å². The van der Waals surface area contributed by atoms with E-state index in [1.807, 2.05) is 0 Å². The fourth-order valence-electron chi connectivity index (χ4n) is 2.16. The first-order chi connectivity index (χ1) is 11.0. The number of hydrogen-bond acceptors (Lipinski definition) is 4. The molecule has 2 aromatic rings. The van der Waals surface area contributed by atoms with Crippen LogP contribution in [0.25, 0.3) is 6.08 Å². The van der Waals surface area contributed by atoms with Crippen LogP contribution in [0.5, 0.6) is 5.75 Å². The molecule has 1 aliphatic rings. The summed E-state index contributed by atoms with van der Waals surface area (Å²) in [6.45, 7) is 0.194. The molecule has 0 radical (unpaired) electrons. The van der Waals surface area contributed by atoms with Gasteiger partial charge in [-0.15, -0.1) is 0 Å². The minimum absolute atomic E-state index is 0.0667. The molecule has 0 atom stereocenters. The van der Waals surface area contributed by atoms with Crippen molar-refractivity contribution in [2.24, 2.45) is 0 Å². The van der Waals surface area contributed by atoms with Crippen LogP contribution in [0.4, 0.5) is 4.79 Å². The van der Waals surface area contributed by atoms with Gasteiger partial charge in [0.2, 0.25) is 0 Å². The molecule has 1 saturated heterocycles. The molecule has 1 N–H and O–H groups in total. The van der Waals surface area contributed by atoms with Gasteiger partial charge in [0, 0.05) is 10.6 Å². The fourth-order valence-corrected chi connectivity index (χ4v) is 3.11. The summed E-state index contributed by atoms with van der Waals surface area (Å²) in [5, 5.41) is 10.0. The molecule has 1 fully saturated rings. The zero-order valence-electron chi connectivity index (χ0n) is 11.9. The van der Waals surface area contributed by atoms with Gasteiger partial charge in [0.25, 0.3) is 11.1 Å². The van der Waals surface area contributed by atoms with Crippen molar-refractivity contribution in [2.45, 2.75) is 6.54 Å². The predicted molar refractivity (Wildman–Crippen MR) is 91.1 cm³/mol. The maximum absolute atomic E-state index is 12.4. The van der Waals surface area contributed by atoms with Crippen molar-refractivity contribution >= 4 is 40.6 Å². The zero-order valence-corrected chi connectivity index (χ0v) is 13.5. The van der Waals surface area contributed by atoms with Gasteiger partial charge in [-0.05, 0) is 41.6 Å². The smallest absolute Gasteiger partial charge is 0.293 e. The number of imide groups is 1. The highest BCUT2D eigenvalue weighted by Gasteiger charge is 2.35. The van der Waals surface area contributed by atoms with Crippen LogP contribution in [-0.2, 0) is 11.3 Å². The second-order valence-corrected chi connectivity index (χ2v) is 6.38. The molecule has 3 rings (SSSR count). The largest absolute Gasteiger partial charge is 0.507 e. The van der Waals surface area contributed by atoms with Crippen LogP contribution in [0.15, 0.2) is 53.4 Å². The van der Waals surface area contributed by atoms with Crippen LogP contribution >= 0.6 is 23.4 Å². The summed E-state index contributed by atoms with van der Waals surface area (Å²) in [5.41, 5.74) is 1.32. The predicted octanol–water partition coefficient (Wildman–Crippen LogP) is 4.28. The molecular weight excluding hydrogens is 334 g/mol. The van der Waals surface area contributed by atoms with Crippen LogP contribution < -0.4 is 0 Å². The number of aromatic hydroxyl groups is 1. The van der Waals surface area contributed by atoms with Gasteiger partial charge in [-0.1, -0.05) is 41.9 Å². The van der Waals surface area contributed by atoms with Gasteiger partial charge in [0.05, 0.1) is 11.4 Å². The average molecular weight is 346 g/mol. The Morgan fingerprint density at radius 1 is 1.09 bits per heavy atom. The zero-order chi connectivity index (χ0) is 16.4. The minimum Gasteiger partial charge on any atom is -0.507 e. The molecule has 1 aliphatic heterocycles. The average Bonchev–Trinajstić information content (AvgIpc) is 2.79. The highest BCUT2D eigenvalue weighted by atomic mass is 35.5. The molecular formula is C17H12ClNO3S. The molecule has 4 nitrogen and oxygen atoms in total. The summed E-state index contributed by atoms with van der Waals surface area (Å²) >= 11 is 6.70. The first-order valence-corrected chi connectivity index (χ1v) is 8.02. The third-order valence-corrected chi connectivity index (χ3v) is 4.51. The van der Waals surface area contributed by atoms with Crippen LogP contribution in [0.1, 0.15) is 11.1 Å². The maximum Gasteiger partial charge on any atom is 0.293 e. The summed E-state index contributed by atoms with van der Waals surface area (Å²) in [5.74, 6) is -0.296. The molecule has 0 saturated carbocycles. The number of thioether (sulfide) groups is 1. The van der Waals surface area contributed by atoms with E-state index in [9.17, 15) is 14.7 Å². The van der Waals surface area contributed by atoms with E-state index in [-0.39, 0.29) is 23.4 Å². The van der Waals surface area contributed by atoms with E-state index in [2.05, 4.69) is 0 Å². The summed E-state index contributed by atoms with van der Waals surface area (Å²) in [6.07, 6.45) is 1.53. The molecule has 6 heteroatoms. The number of phenols is 1. The van der Waals surface area contributed by atoms with Gasteiger partial charge < -0.3 is 5.11 Å². The van der Waals surface area contributed by atoms with E-state index in [0.717, 1.165) is 17.3 Å². The molecule has 116 valence electrons. The van der Waals surface area contributed by atoms with Crippen molar-refractivity contribution in [1.82, 2.24) is 4.90 Å². The van der Waals surface area contributed by atoms with E-state index >= 15 is 0 Å². The van der Waals surface area contributed by atoms with Gasteiger partial charge in [-0.3, -0.25) is 14.5 Å². The summed E-state index contributed by atoms with van der Waals surface area (Å²) in [7, 11) is 0. The van der Waals surface area contributed by atoms with Crippen molar-refractivity contribution in [3.8, 4) is 5.75 Å². The Morgan fingerprint density at radius 2 is 1.78 bits per heavy atom. The number of amides is 2. The number of phenolic OH excluding ortho intramolecular Hbond substituents is 1. The molecule has 23 heavy (non-hydrogen) atoms. The summed E-state index contributed by atoms with van der Waals surface area (Å²) < 4.78 is 0. The molecule has 1 heterocycles. The lowest BCUT2D eigenvalue weighted by molar-refractivity contribution is -0.123. The number of carbonyl (C=O) groups excluding carboxylic acids is 2. The van der Waals surface area contributed by atoms with Crippen LogP contribution in [0.2, 0.25) is 5.02 Å². The lowest BCUT2D eigenvalue weighted by Crippen LogP contribution is -2.27. The van der Waals surface area contributed by atoms with Crippen molar-refractivity contribution in [3.05, 3.63) is 69.6 Å². The quantitative estimate of drug-likeness (QED) is 0.843. The highest BCUT2D eigenvalue weighted by Crippen LogP contribution is 2.34.